The summed E-state index contributed by atoms with van der Waals surface area (Å²) in [7, 11) is 1.63. The third kappa shape index (κ3) is 6.08. The van der Waals surface area contributed by atoms with E-state index >= 15 is 0 Å². The predicted octanol–water partition coefficient (Wildman–Crippen LogP) is 4.33. The van der Waals surface area contributed by atoms with E-state index in [0.717, 1.165) is 37.8 Å². The lowest BCUT2D eigenvalue weighted by atomic mass is 10.1. The summed E-state index contributed by atoms with van der Waals surface area (Å²) in [5, 5.41) is 4.33. The number of rotatable bonds is 9. The topological polar surface area (TPSA) is 72.0 Å². The summed E-state index contributed by atoms with van der Waals surface area (Å²) in [6.07, 6.45) is 5.06. The van der Waals surface area contributed by atoms with E-state index in [4.69, 9.17) is 24.2 Å². The van der Waals surface area contributed by atoms with Crippen molar-refractivity contribution >= 4 is 22.7 Å². The fourth-order valence-corrected chi connectivity index (χ4v) is 5.21. The number of anilines is 2. The maximum atomic E-state index is 13.8. The molecule has 8 nitrogen and oxygen atoms in total. The molecule has 0 unspecified atom stereocenters. The molecular weight excluding hydrogens is 468 g/mol. The molecule has 2 aromatic rings. The lowest BCUT2D eigenvalue weighted by molar-refractivity contribution is -0.0222. The summed E-state index contributed by atoms with van der Waals surface area (Å²) in [5.74, 6) is -0.241. The van der Waals surface area contributed by atoms with Crippen LogP contribution in [-0.4, -0.2) is 86.5 Å². The highest BCUT2D eigenvalue weighted by atomic mass is 19.3. The number of piperidine rings is 1. The molecule has 1 atom stereocenters. The Morgan fingerprint density at radius 2 is 1.89 bits per heavy atom. The zero-order chi connectivity index (χ0) is 25.0. The molecule has 1 N–H and O–H groups in total. The fraction of sp³-hybridized carbons (Fsp3) is 0.692. The van der Waals surface area contributed by atoms with Gasteiger partial charge in [0.25, 0.3) is 5.92 Å². The highest BCUT2D eigenvalue weighted by molar-refractivity contribution is 5.93. The van der Waals surface area contributed by atoms with Crippen LogP contribution in [0.4, 0.5) is 20.5 Å². The minimum absolute atomic E-state index is 0.128. The van der Waals surface area contributed by atoms with Gasteiger partial charge in [-0.05, 0) is 51.3 Å². The van der Waals surface area contributed by atoms with Crippen molar-refractivity contribution in [2.24, 2.45) is 0 Å². The van der Waals surface area contributed by atoms with Gasteiger partial charge in [-0.25, -0.2) is 13.8 Å². The van der Waals surface area contributed by atoms with E-state index in [0.29, 0.717) is 42.0 Å². The Labute approximate surface area is 211 Å². The number of fused-ring (bicyclic) bond motifs is 1. The van der Waals surface area contributed by atoms with Crippen LogP contribution in [0.3, 0.4) is 0 Å². The monoisotopic (exact) mass is 505 g/mol. The van der Waals surface area contributed by atoms with Crippen LogP contribution in [0.2, 0.25) is 0 Å². The van der Waals surface area contributed by atoms with Gasteiger partial charge in [0.1, 0.15) is 5.82 Å². The highest BCUT2D eigenvalue weighted by Crippen LogP contribution is 2.37. The number of aromatic nitrogens is 2. The average Bonchev–Trinajstić information content (AvgIpc) is 3.40. The standard InChI is InChI=1S/C26H37F2N5O3/c1-34-22-16-20-21(17-23(22)36-15-5-11-32-9-2-3-10-32)30-25(33-12-7-26(27,28)8-13-33)31-24(20)29-19-6-4-14-35-18-19/h16-17,19H,2-15,18H2,1H3,(H,29,30,31)/t19-/m1/s1. The van der Waals surface area contributed by atoms with Crippen LogP contribution in [0, 0.1) is 0 Å². The molecule has 3 aliphatic rings. The quantitative estimate of drug-likeness (QED) is 0.505. The fourth-order valence-electron chi connectivity index (χ4n) is 5.21. The molecule has 3 aliphatic heterocycles. The van der Waals surface area contributed by atoms with Crippen LogP contribution in [-0.2, 0) is 4.74 Å². The van der Waals surface area contributed by atoms with Crippen molar-refractivity contribution in [3.05, 3.63) is 12.1 Å². The smallest absolute Gasteiger partial charge is 0.251 e. The van der Waals surface area contributed by atoms with Crippen LogP contribution in [0.1, 0.15) is 44.9 Å². The minimum atomic E-state index is -2.63. The number of hydrogen-bond donors (Lipinski definition) is 1. The summed E-state index contributed by atoms with van der Waals surface area (Å²) in [6.45, 7) is 5.77. The molecule has 36 heavy (non-hydrogen) atoms. The van der Waals surface area contributed by atoms with Crippen molar-refractivity contribution in [2.75, 3.05) is 69.9 Å². The van der Waals surface area contributed by atoms with Gasteiger partial charge in [-0.1, -0.05) is 0 Å². The minimum Gasteiger partial charge on any atom is -0.493 e. The molecule has 3 fully saturated rings. The van der Waals surface area contributed by atoms with Crippen LogP contribution in [0.15, 0.2) is 12.1 Å². The van der Waals surface area contributed by atoms with E-state index in [2.05, 4.69) is 10.2 Å². The molecule has 0 radical (unpaired) electrons. The lowest BCUT2D eigenvalue weighted by Gasteiger charge is -2.32. The molecule has 0 amide bonds. The summed E-state index contributed by atoms with van der Waals surface area (Å²) in [5.41, 5.74) is 0.701. The largest absolute Gasteiger partial charge is 0.493 e. The second kappa shape index (κ2) is 11.3. The molecular formula is C26H37F2N5O3. The van der Waals surface area contributed by atoms with Gasteiger partial charge < -0.3 is 29.3 Å². The zero-order valence-electron chi connectivity index (χ0n) is 21.1. The first-order chi connectivity index (χ1) is 17.5. The first-order valence-corrected chi connectivity index (χ1v) is 13.2. The first kappa shape index (κ1) is 25.2. The molecule has 5 rings (SSSR count). The summed E-state index contributed by atoms with van der Waals surface area (Å²) >= 11 is 0. The van der Waals surface area contributed by atoms with E-state index in [1.807, 2.05) is 17.0 Å². The van der Waals surface area contributed by atoms with Gasteiger partial charge in [-0.15, -0.1) is 0 Å². The maximum Gasteiger partial charge on any atom is 0.251 e. The number of hydrogen-bond acceptors (Lipinski definition) is 8. The molecule has 198 valence electrons. The van der Waals surface area contributed by atoms with Gasteiger partial charge in [-0.3, -0.25) is 0 Å². The van der Waals surface area contributed by atoms with Gasteiger partial charge in [0.15, 0.2) is 11.5 Å². The van der Waals surface area contributed by atoms with Crippen LogP contribution in [0.5, 0.6) is 11.5 Å². The Morgan fingerprint density at radius 3 is 2.61 bits per heavy atom. The number of likely N-dealkylation sites (tertiary alicyclic amines) is 1. The lowest BCUT2D eigenvalue weighted by Crippen LogP contribution is -2.40. The molecule has 4 heterocycles. The second-order valence-electron chi connectivity index (χ2n) is 10.0. The molecule has 0 bridgehead atoms. The first-order valence-electron chi connectivity index (χ1n) is 13.2. The Hall–Kier alpha value is -2.46. The van der Waals surface area contributed by atoms with Crippen LogP contribution in [0.25, 0.3) is 10.9 Å². The van der Waals surface area contributed by atoms with E-state index in [1.165, 1.54) is 25.9 Å². The Balaban J connectivity index is 1.40. The SMILES string of the molecule is COc1cc2c(N[C@@H]3CCCOC3)nc(N3CCC(F)(F)CC3)nc2cc1OCCCN1CCCC1. The van der Waals surface area contributed by atoms with Crippen molar-refractivity contribution in [3.63, 3.8) is 0 Å². The number of alkyl halides is 2. The number of benzene rings is 1. The summed E-state index contributed by atoms with van der Waals surface area (Å²) in [4.78, 5) is 13.9. The molecule has 0 aliphatic carbocycles. The number of methoxy groups -OCH3 is 1. The molecule has 0 saturated carbocycles. The Morgan fingerprint density at radius 1 is 1.08 bits per heavy atom. The zero-order valence-corrected chi connectivity index (χ0v) is 21.1. The van der Waals surface area contributed by atoms with Crippen molar-refractivity contribution < 1.29 is 23.0 Å². The van der Waals surface area contributed by atoms with Gasteiger partial charge in [-0.2, -0.15) is 4.98 Å². The van der Waals surface area contributed by atoms with Crippen LogP contribution < -0.4 is 19.7 Å². The molecule has 10 heteroatoms. The van der Waals surface area contributed by atoms with Gasteiger partial charge in [0.05, 0.1) is 31.9 Å². The molecule has 3 saturated heterocycles. The van der Waals surface area contributed by atoms with Crippen molar-refractivity contribution in [2.45, 2.75) is 56.9 Å². The second-order valence-corrected chi connectivity index (χ2v) is 10.0. The van der Waals surface area contributed by atoms with E-state index in [1.54, 1.807) is 7.11 Å². The van der Waals surface area contributed by atoms with Gasteiger partial charge >= 0.3 is 0 Å². The normalized spacial score (nSPS) is 22.6. The van der Waals surface area contributed by atoms with Crippen molar-refractivity contribution in [3.8, 4) is 11.5 Å². The third-order valence-electron chi connectivity index (χ3n) is 7.32. The molecule has 1 aromatic heterocycles. The van der Waals surface area contributed by atoms with Crippen molar-refractivity contribution in [1.82, 2.24) is 14.9 Å². The predicted molar refractivity (Wildman–Crippen MR) is 136 cm³/mol. The third-order valence-corrected chi connectivity index (χ3v) is 7.32. The Bertz CT molecular complexity index is 1020. The summed E-state index contributed by atoms with van der Waals surface area (Å²) < 4.78 is 45.0. The number of nitrogens with one attached hydrogen (secondary N) is 1. The number of ether oxygens (including phenoxy) is 3. The highest BCUT2D eigenvalue weighted by Gasteiger charge is 2.35. The number of nitrogens with zero attached hydrogens (tertiary/aromatic N) is 4. The number of halogens is 2. The van der Waals surface area contributed by atoms with E-state index in [9.17, 15) is 8.78 Å². The van der Waals surface area contributed by atoms with Crippen LogP contribution >= 0.6 is 0 Å². The molecule has 1 aromatic carbocycles. The van der Waals surface area contributed by atoms with Gasteiger partial charge in [0, 0.05) is 50.5 Å². The summed E-state index contributed by atoms with van der Waals surface area (Å²) in [6, 6.07) is 3.92. The maximum absolute atomic E-state index is 13.8. The van der Waals surface area contributed by atoms with E-state index in [-0.39, 0.29) is 32.0 Å². The Kier molecular flexibility index (Phi) is 7.90. The molecule has 0 spiro atoms. The van der Waals surface area contributed by atoms with Gasteiger partial charge in [0.2, 0.25) is 5.95 Å². The van der Waals surface area contributed by atoms with E-state index < -0.39 is 5.92 Å². The average molecular weight is 506 g/mol. The van der Waals surface area contributed by atoms with Crippen molar-refractivity contribution in [1.29, 1.82) is 0 Å².